The molecule has 5 rings (SSSR count). The second-order valence-corrected chi connectivity index (χ2v) is 9.46. The normalized spacial score (nSPS) is 14.6. The summed E-state index contributed by atoms with van der Waals surface area (Å²) in [7, 11) is 0. The molecule has 1 saturated carbocycles. The number of nitrogens with zero attached hydrogens (tertiary/aromatic N) is 3. The minimum absolute atomic E-state index is 0.921. The maximum Gasteiger partial charge on any atom is 0.220 e. The van der Waals surface area contributed by atoms with Gasteiger partial charge >= 0.3 is 0 Å². The Labute approximate surface area is 185 Å². The third-order valence-electron chi connectivity index (χ3n) is 7.04. The Morgan fingerprint density at radius 3 is 2.39 bits per heavy atom. The van der Waals surface area contributed by atoms with Gasteiger partial charge in [0.1, 0.15) is 0 Å². The van der Waals surface area contributed by atoms with E-state index < -0.39 is 0 Å². The fourth-order valence-electron chi connectivity index (χ4n) is 5.29. The fourth-order valence-corrected chi connectivity index (χ4v) is 5.29. The Hall–Kier alpha value is -2.59. The number of imidazole rings is 2. The van der Waals surface area contributed by atoms with E-state index in [-0.39, 0.29) is 0 Å². The maximum absolute atomic E-state index is 5.19. The minimum atomic E-state index is 0.921. The molecular weight excluding hydrogens is 380 g/mol. The van der Waals surface area contributed by atoms with Crippen LogP contribution in [0.2, 0.25) is 0 Å². The van der Waals surface area contributed by atoms with Gasteiger partial charge in [0.2, 0.25) is 5.78 Å². The van der Waals surface area contributed by atoms with Gasteiger partial charge in [-0.2, -0.15) is 0 Å². The summed E-state index contributed by atoms with van der Waals surface area (Å²) >= 11 is 0. The summed E-state index contributed by atoms with van der Waals surface area (Å²) < 4.78 is 4.72. The molecule has 31 heavy (non-hydrogen) atoms. The molecule has 2 aromatic heterocycles. The predicted octanol–water partition coefficient (Wildman–Crippen LogP) is 5.83. The summed E-state index contributed by atoms with van der Waals surface area (Å²) in [6.07, 6.45) is 6.39. The number of aryl methyl sites for hydroxylation is 5. The molecule has 4 aromatic rings. The number of benzene rings is 2. The molecule has 1 N–H and O–H groups in total. The van der Waals surface area contributed by atoms with E-state index in [2.05, 4.69) is 78.4 Å². The smallest absolute Gasteiger partial charge is 0.220 e. The molecule has 4 heteroatoms. The van der Waals surface area contributed by atoms with Crippen LogP contribution in [0.1, 0.15) is 53.8 Å². The second-order valence-electron chi connectivity index (χ2n) is 9.46. The van der Waals surface area contributed by atoms with Crippen molar-refractivity contribution >= 4 is 16.8 Å². The first kappa shape index (κ1) is 20.3. The molecule has 2 aromatic carbocycles. The van der Waals surface area contributed by atoms with Crippen LogP contribution in [0.4, 0.5) is 0 Å². The van der Waals surface area contributed by atoms with Crippen LogP contribution >= 0.6 is 0 Å². The minimum Gasteiger partial charge on any atom is -0.316 e. The number of hydrogen-bond acceptors (Lipinski definition) is 2. The summed E-state index contributed by atoms with van der Waals surface area (Å²) in [5.41, 5.74) is 10.1. The predicted molar refractivity (Wildman–Crippen MR) is 130 cm³/mol. The molecule has 2 heterocycles. The number of para-hydroxylation sites is 2. The monoisotopic (exact) mass is 414 g/mol. The molecule has 1 aliphatic carbocycles. The van der Waals surface area contributed by atoms with Crippen molar-refractivity contribution in [3.63, 3.8) is 0 Å². The molecule has 162 valence electrons. The summed E-state index contributed by atoms with van der Waals surface area (Å²) in [6, 6.07) is 13.2. The van der Waals surface area contributed by atoms with E-state index in [0.717, 1.165) is 31.1 Å². The molecule has 1 fully saturated rings. The molecule has 0 bridgehead atoms. The van der Waals surface area contributed by atoms with Crippen LogP contribution < -0.4 is 5.32 Å². The van der Waals surface area contributed by atoms with Crippen molar-refractivity contribution in [2.45, 2.75) is 59.8 Å². The number of hydrogen-bond donors (Lipinski definition) is 1. The zero-order chi connectivity index (χ0) is 21.5. The highest BCUT2D eigenvalue weighted by molar-refractivity contribution is 5.85. The first-order chi connectivity index (χ1) is 15.0. The zero-order valence-electron chi connectivity index (χ0n) is 19.3. The SMILES string of the molecule is Cc1cc(C)c(-n2c3ccccc3n3c(C)c(CCCNCC4CCC4)nc23)c(C)c1. The van der Waals surface area contributed by atoms with Gasteiger partial charge in [0.15, 0.2) is 0 Å². The molecule has 4 nitrogen and oxygen atoms in total. The highest BCUT2D eigenvalue weighted by Gasteiger charge is 2.21. The Kier molecular flexibility index (Phi) is 5.35. The van der Waals surface area contributed by atoms with Crippen molar-refractivity contribution in [2.24, 2.45) is 5.92 Å². The molecule has 0 aliphatic heterocycles. The van der Waals surface area contributed by atoms with Crippen molar-refractivity contribution in [1.29, 1.82) is 0 Å². The van der Waals surface area contributed by atoms with Gasteiger partial charge in [0, 0.05) is 5.69 Å². The van der Waals surface area contributed by atoms with E-state index in [1.165, 1.54) is 70.6 Å². The van der Waals surface area contributed by atoms with Gasteiger partial charge in [-0.05, 0) is 95.6 Å². The molecular formula is C27H34N4. The quantitative estimate of drug-likeness (QED) is 0.386. The van der Waals surface area contributed by atoms with Gasteiger partial charge in [-0.25, -0.2) is 4.98 Å². The summed E-state index contributed by atoms with van der Waals surface area (Å²) in [5, 5.41) is 3.65. The largest absolute Gasteiger partial charge is 0.316 e. The van der Waals surface area contributed by atoms with E-state index in [0.29, 0.717) is 0 Å². The lowest BCUT2D eigenvalue weighted by Crippen LogP contribution is -2.28. The van der Waals surface area contributed by atoms with Crippen molar-refractivity contribution in [3.05, 3.63) is 64.5 Å². The first-order valence-electron chi connectivity index (χ1n) is 11.8. The molecule has 0 amide bonds. The van der Waals surface area contributed by atoms with Crippen LogP contribution in [-0.4, -0.2) is 27.0 Å². The second kappa shape index (κ2) is 8.16. The fraction of sp³-hybridized carbons (Fsp3) is 0.444. The maximum atomic E-state index is 5.19. The summed E-state index contributed by atoms with van der Waals surface area (Å²) in [4.78, 5) is 5.19. The van der Waals surface area contributed by atoms with Crippen molar-refractivity contribution in [2.75, 3.05) is 13.1 Å². The van der Waals surface area contributed by atoms with Crippen LogP contribution in [0.15, 0.2) is 36.4 Å². The van der Waals surface area contributed by atoms with Gasteiger partial charge in [0.05, 0.1) is 22.4 Å². The Morgan fingerprint density at radius 1 is 1.00 bits per heavy atom. The van der Waals surface area contributed by atoms with E-state index in [1.54, 1.807) is 0 Å². The highest BCUT2D eigenvalue weighted by atomic mass is 15.2. The Bertz CT molecular complexity index is 1220. The highest BCUT2D eigenvalue weighted by Crippen LogP contribution is 2.31. The lowest BCUT2D eigenvalue weighted by Gasteiger charge is -2.25. The van der Waals surface area contributed by atoms with Crippen LogP contribution in [0.3, 0.4) is 0 Å². The van der Waals surface area contributed by atoms with Crippen molar-refractivity contribution < 1.29 is 0 Å². The molecule has 0 unspecified atom stereocenters. The van der Waals surface area contributed by atoms with Crippen LogP contribution in [-0.2, 0) is 6.42 Å². The standard InChI is InChI=1S/C27H34N4/c1-18-15-19(2)26(20(3)16-18)31-25-13-6-5-12-24(25)30-21(4)23(29-27(30)31)11-8-14-28-17-22-9-7-10-22/h5-6,12-13,15-16,22,28H,7-11,14,17H2,1-4H3. The van der Waals surface area contributed by atoms with Crippen LogP contribution in [0.5, 0.6) is 0 Å². The number of rotatable bonds is 7. The van der Waals surface area contributed by atoms with E-state index >= 15 is 0 Å². The summed E-state index contributed by atoms with van der Waals surface area (Å²) in [5.74, 6) is 1.95. The van der Waals surface area contributed by atoms with Gasteiger partial charge < -0.3 is 5.32 Å². The molecule has 1 aliphatic rings. The average molecular weight is 415 g/mol. The lowest BCUT2D eigenvalue weighted by atomic mass is 9.85. The third kappa shape index (κ3) is 3.57. The van der Waals surface area contributed by atoms with Crippen molar-refractivity contribution in [3.8, 4) is 5.69 Å². The summed E-state index contributed by atoms with van der Waals surface area (Å²) in [6.45, 7) is 11.1. The Morgan fingerprint density at radius 2 is 1.71 bits per heavy atom. The van der Waals surface area contributed by atoms with Gasteiger partial charge in [0.25, 0.3) is 0 Å². The van der Waals surface area contributed by atoms with Gasteiger partial charge in [-0.15, -0.1) is 0 Å². The van der Waals surface area contributed by atoms with E-state index in [9.17, 15) is 0 Å². The van der Waals surface area contributed by atoms with Crippen LogP contribution in [0.25, 0.3) is 22.5 Å². The van der Waals surface area contributed by atoms with E-state index in [4.69, 9.17) is 4.98 Å². The third-order valence-corrected chi connectivity index (χ3v) is 7.04. The number of aromatic nitrogens is 3. The number of fused-ring (bicyclic) bond motifs is 3. The van der Waals surface area contributed by atoms with Crippen molar-refractivity contribution in [1.82, 2.24) is 19.3 Å². The average Bonchev–Trinajstić information content (AvgIpc) is 3.18. The Balaban J connectivity index is 1.52. The topological polar surface area (TPSA) is 34.3 Å². The first-order valence-corrected chi connectivity index (χ1v) is 11.8. The van der Waals surface area contributed by atoms with Gasteiger partial charge in [-0.3, -0.25) is 8.97 Å². The molecule has 0 radical (unpaired) electrons. The zero-order valence-corrected chi connectivity index (χ0v) is 19.3. The van der Waals surface area contributed by atoms with Crippen LogP contribution in [0, 0.1) is 33.6 Å². The van der Waals surface area contributed by atoms with Gasteiger partial charge in [-0.1, -0.05) is 36.2 Å². The molecule has 0 spiro atoms. The van der Waals surface area contributed by atoms with E-state index in [1.807, 2.05) is 0 Å². The lowest BCUT2D eigenvalue weighted by molar-refractivity contribution is 0.302. The molecule has 0 atom stereocenters. The molecule has 0 saturated heterocycles. The number of nitrogens with one attached hydrogen (secondary N) is 1.